The molecular weight excluding hydrogens is 351 g/mol. The highest BCUT2D eigenvalue weighted by molar-refractivity contribution is 7.98. The lowest BCUT2D eigenvalue weighted by Gasteiger charge is -2.41. The topological polar surface area (TPSA) is 24.5 Å². The summed E-state index contributed by atoms with van der Waals surface area (Å²) < 4.78 is 5.58. The monoisotopic (exact) mass is 378 g/mol. The molecule has 1 aromatic carbocycles. The Labute approximate surface area is 156 Å². The molecule has 1 aromatic rings. The lowest BCUT2D eigenvalue weighted by Crippen LogP contribution is -2.47. The van der Waals surface area contributed by atoms with Crippen molar-refractivity contribution in [2.24, 2.45) is 5.92 Å². The van der Waals surface area contributed by atoms with Crippen molar-refractivity contribution in [2.75, 3.05) is 45.6 Å². The molecular formula is C17H28Cl2N2OS. The van der Waals surface area contributed by atoms with E-state index in [9.17, 15) is 0 Å². The third kappa shape index (κ3) is 5.52. The van der Waals surface area contributed by atoms with E-state index >= 15 is 0 Å². The highest BCUT2D eigenvalue weighted by atomic mass is 35.5. The average Bonchev–Trinajstić information content (AvgIpc) is 2.58. The molecule has 0 saturated carbocycles. The number of halogens is 2. The van der Waals surface area contributed by atoms with Gasteiger partial charge in [0, 0.05) is 50.3 Å². The molecule has 0 bridgehead atoms. The van der Waals surface area contributed by atoms with Gasteiger partial charge in [0.25, 0.3) is 0 Å². The fraction of sp³-hybridized carbons (Fsp3) is 0.647. The molecule has 2 saturated heterocycles. The fourth-order valence-corrected chi connectivity index (χ4v) is 3.98. The van der Waals surface area contributed by atoms with Gasteiger partial charge in [-0.3, -0.25) is 4.90 Å². The van der Waals surface area contributed by atoms with Crippen molar-refractivity contribution in [3.05, 3.63) is 29.8 Å². The number of hydrogen-bond acceptors (Lipinski definition) is 4. The van der Waals surface area contributed by atoms with Crippen molar-refractivity contribution in [1.82, 2.24) is 10.2 Å². The van der Waals surface area contributed by atoms with Gasteiger partial charge in [0.15, 0.2) is 0 Å². The summed E-state index contributed by atoms with van der Waals surface area (Å²) in [6, 6.07) is 9.79. The van der Waals surface area contributed by atoms with Crippen LogP contribution in [0.25, 0.3) is 0 Å². The van der Waals surface area contributed by atoms with E-state index in [0.717, 1.165) is 45.3 Å². The van der Waals surface area contributed by atoms with Gasteiger partial charge < -0.3 is 10.1 Å². The van der Waals surface area contributed by atoms with Gasteiger partial charge in [0.05, 0.1) is 0 Å². The summed E-state index contributed by atoms with van der Waals surface area (Å²) in [7, 11) is 0. The Kier molecular flexibility index (Phi) is 9.90. The van der Waals surface area contributed by atoms with Crippen molar-refractivity contribution in [3.63, 3.8) is 0 Å². The van der Waals surface area contributed by atoms with E-state index in [-0.39, 0.29) is 24.8 Å². The maximum Gasteiger partial charge on any atom is 0.0469 e. The van der Waals surface area contributed by atoms with E-state index in [1.807, 2.05) is 11.8 Å². The maximum absolute atomic E-state index is 5.58. The summed E-state index contributed by atoms with van der Waals surface area (Å²) >= 11 is 1.82. The van der Waals surface area contributed by atoms with Crippen LogP contribution in [0.5, 0.6) is 0 Å². The quantitative estimate of drug-likeness (QED) is 0.808. The van der Waals surface area contributed by atoms with Crippen LogP contribution in [0.4, 0.5) is 0 Å². The molecule has 1 N–H and O–H groups in total. The van der Waals surface area contributed by atoms with Crippen LogP contribution in [0.2, 0.25) is 0 Å². The zero-order valence-corrected chi connectivity index (χ0v) is 16.2. The molecule has 2 fully saturated rings. The Morgan fingerprint density at radius 2 is 1.70 bits per heavy atom. The number of rotatable bonds is 4. The van der Waals surface area contributed by atoms with Crippen molar-refractivity contribution < 1.29 is 4.74 Å². The van der Waals surface area contributed by atoms with E-state index in [1.54, 1.807) is 0 Å². The number of thioether (sulfide) groups is 1. The lowest BCUT2D eigenvalue weighted by molar-refractivity contribution is 0.0213. The van der Waals surface area contributed by atoms with E-state index in [2.05, 4.69) is 40.7 Å². The summed E-state index contributed by atoms with van der Waals surface area (Å²) in [5, 5.41) is 3.47. The van der Waals surface area contributed by atoms with Crippen LogP contribution in [-0.4, -0.2) is 50.5 Å². The summed E-state index contributed by atoms with van der Waals surface area (Å²) in [4.78, 5) is 4.03. The Bertz CT molecular complexity index is 417. The molecule has 0 aromatic heterocycles. The van der Waals surface area contributed by atoms with Gasteiger partial charge in [-0.05, 0) is 42.7 Å². The first kappa shape index (κ1) is 21.1. The molecule has 1 atom stereocenters. The average molecular weight is 379 g/mol. The largest absolute Gasteiger partial charge is 0.381 e. The predicted octanol–water partition coefficient (Wildman–Crippen LogP) is 3.63. The van der Waals surface area contributed by atoms with Gasteiger partial charge in [-0.2, -0.15) is 0 Å². The van der Waals surface area contributed by atoms with Crippen LogP contribution in [0.15, 0.2) is 29.2 Å². The zero-order valence-electron chi connectivity index (χ0n) is 13.7. The summed E-state index contributed by atoms with van der Waals surface area (Å²) in [5.74, 6) is 0.733. The number of benzene rings is 1. The predicted molar refractivity (Wildman–Crippen MR) is 103 cm³/mol. The standard InChI is InChI=1S/C17H26N2OS.2ClH/c1-21-16-4-2-14(3-5-16)17(15-6-12-20-13-7-15)19-10-8-18-9-11-19;;/h2-5,15,17-18H,6-13H2,1H3;2*1H/t17-;;/m1../s1. The first-order valence-electron chi connectivity index (χ1n) is 8.05. The maximum atomic E-state index is 5.58. The van der Waals surface area contributed by atoms with Crippen LogP contribution in [0.3, 0.4) is 0 Å². The van der Waals surface area contributed by atoms with Crippen molar-refractivity contribution in [2.45, 2.75) is 23.8 Å². The molecule has 2 heterocycles. The smallest absolute Gasteiger partial charge is 0.0469 e. The van der Waals surface area contributed by atoms with Crippen LogP contribution in [0, 0.1) is 5.92 Å². The molecule has 0 aliphatic carbocycles. The summed E-state index contributed by atoms with van der Waals surface area (Å²) in [6.07, 6.45) is 4.53. The van der Waals surface area contributed by atoms with E-state index in [1.165, 1.54) is 23.3 Å². The van der Waals surface area contributed by atoms with Crippen LogP contribution in [-0.2, 0) is 4.74 Å². The number of piperazine rings is 1. The van der Waals surface area contributed by atoms with Gasteiger partial charge in [-0.25, -0.2) is 0 Å². The van der Waals surface area contributed by atoms with Crippen molar-refractivity contribution >= 4 is 36.6 Å². The number of nitrogens with zero attached hydrogens (tertiary/aromatic N) is 1. The van der Waals surface area contributed by atoms with Gasteiger partial charge in [-0.15, -0.1) is 36.6 Å². The second-order valence-corrected chi connectivity index (χ2v) is 6.83. The molecule has 2 aliphatic rings. The molecule has 0 amide bonds. The number of hydrogen-bond donors (Lipinski definition) is 1. The minimum absolute atomic E-state index is 0. The highest BCUT2D eigenvalue weighted by Crippen LogP contribution is 2.35. The zero-order chi connectivity index (χ0) is 14.5. The molecule has 6 heteroatoms. The molecule has 0 spiro atoms. The highest BCUT2D eigenvalue weighted by Gasteiger charge is 2.31. The number of ether oxygens (including phenoxy) is 1. The summed E-state index contributed by atoms with van der Waals surface area (Å²) in [5.41, 5.74) is 1.49. The third-order valence-electron chi connectivity index (χ3n) is 4.71. The molecule has 0 unspecified atom stereocenters. The first-order valence-corrected chi connectivity index (χ1v) is 9.27. The molecule has 3 rings (SSSR count). The Morgan fingerprint density at radius 1 is 1.09 bits per heavy atom. The molecule has 132 valence electrons. The van der Waals surface area contributed by atoms with Gasteiger partial charge in [-0.1, -0.05) is 12.1 Å². The Morgan fingerprint density at radius 3 is 2.26 bits per heavy atom. The Hall–Kier alpha value is 0.0300. The van der Waals surface area contributed by atoms with E-state index in [0.29, 0.717) is 6.04 Å². The van der Waals surface area contributed by atoms with Crippen molar-refractivity contribution in [3.8, 4) is 0 Å². The number of nitrogens with one attached hydrogen (secondary N) is 1. The lowest BCUT2D eigenvalue weighted by atomic mass is 9.85. The first-order chi connectivity index (χ1) is 10.4. The SMILES string of the molecule is CSc1ccc([C@H](C2CCOCC2)N2CCNCC2)cc1.Cl.Cl. The van der Waals surface area contributed by atoms with Gasteiger partial charge >= 0.3 is 0 Å². The van der Waals surface area contributed by atoms with Gasteiger partial charge in [0.2, 0.25) is 0 Å². The normalized spacial score (nSPS) is 21.1. The molecule has 0 radical (unpaired) electrons. The summed E-state index contributed by atoms with van der Waals surface area (Å²) in [6.45, 7) is 6.40. The second-order valence-electron chi connectivity index (χ2n) is 5.95. The van der Waals surface area contributed by atoms with Crippen LogP contribution < -0.4 is 5.32 Å². The minimum Gasteiger partial charge on any atom is -0.381 e. The van der Waals surface area contributed by atoms with E-state index < -0.39 is 0 Å². The van der Waals surface area contributed by atoms with Crippen molar-refractivity contribution in [1.29, 1.82) is 0 Å². The van der Waals surface area contributed by atoms with E-state index in [4.69, 9.17) is 4.74 Å². The van der Waals surface area contributed by atoms with Gasteiger partial charge in [0.1, 0.15) is 0 Å². The Balaban J connectivity index is 0.00000132. The second kappa shape index (κ2) is 10.8. The van der Waals surface area contributed by atoms with Crippen LogP contribution in [0.1, 0.15) is 24.4 Å². The fourth-order valence-electron chi connectivity index (χ4n) is 3.57. The molecule has 2 aliphatic heterocycles. The molecule has 23 heavy (non-hydrogen) atoms. The third-order valence-corrected chi connectivity index (χ3v) is 5.46. The minimum atomic E-state index is 0. The van der Waals surface area contributed by atoms with Crippen LogP contribution >= 0.6 is 36.6 Å². The molecule has 3 nitrogen and oxygen atoms in total.